The molecule has 1 aromatic carbocycles. The fourth-order valence-electron chi connectivity index (χ4n) is 1.25. The highest BCUT2D eigenvalue weighted by molar-refractivity contribution is 5.89. The van der Waals surface area contributed by atoms with Crippen molar-refractivity contribution in [3.05, 3.63) is 30.5 Å². The highest BCUT2D eigenvalue weighted by Crippen LogP contribution is 2.29. The van der Waals surface area contributed by atoms with Crippen molar-refractivity contribution in [2.45, 2.75) is 0 Å². The second kappa shape index (κ2) is 2.91. The molecule has 0 aliphatic carbocycles. The number of hydrazine groups is 1. The first-order chi connectivity index (χ1) is 6.33. The predicted octanol–water partition coefficient (Wildman–Crippen LogP) is 1.23. The van der Waals surface area contributed by atoms with Crippen molar-refractivity contribution in [1.82, 2.24) is 4.98 Å². The Morgan fingerprint density at radius 2 is 2.15 bits per heavy atom. The molecule has 2 aromatic rings. The normalized spacial score (nSPS) is 10.2. The van der Waals surface area contributed by atoms with Crippen molar-refractivity contribution >= 4 is 16.6 Å². The van der Waals surface area contributed by atoms with E-state index < -0.39 is 0 Å². The monoisotopic (exact) mass is 175 g/mol. The molecule has 1 aromatic heterocycles. The number of nitrogens with two attached hydrogens (primary N) is 1. The van der Waals surface area contributed by atoms with Crippen molar-refractivity contribution in [3.63, 3.8) is 0 Å². The van der Waals surface area contributed by atoms with Crippen molar-refractivity contribution in [2.24, 2.45) is 5.84 Å². The van der Waals surface area contributed by atoms with Crippen LogP contribution in [0.3, 0.4) is 0 Å². The zero-order valence-electron chi connectivity index (χ0n) is 6.86. The van der Waals surface area contributed by atoms with Crippen LogP contribution in [0.5, 0.6) is 5.75 Å². The molecule has 0 saturated heterocycles. The summed E-state index contributed by atoms with van der Waals surface area (Å²) in [4.78, 5) is 4.04. The van der Waals surface area contributed by atoms with Gasteiger partial charge in [0, 0.05) is 11.6 Å². The Kier molecular flexibility index (Phi) is 1.75. The van der Waals surface area contributed by atoms with Gasteiger partial charge in [0.2, 0.25) is 0 Å². The zero-order chi connectivity index (χ0) is 9.26. The molecule has 4 nitrogen and oxygen atoms in total. The van der Waals surface area contributed by atoms with Gasteiger partial charge in [0.25, 0.3) is 0 Å². The number of hydrogen-bond acceptors (Lipinski definition) is 4. The summed E-state index contributed by atoms with van der Waals surface area (Å²) in [5.74, 6) is 5.29. The molecule has 13 heavy (non-hydrogen) atoms. The Bertz CT molecular complexity index is 442. The average Bonchev–Trinajstić information content (AvgIpc) is 2.19. The van der Waals surface area contributed by atoms with Crippen LogP contribution in [0.2, 0.25) is 0 Å². The minimum Gasteiger partial charge on any atom is -0.504 e. The van der Waals surface area contributed by atoms with Gasteiger partial charge in [0.05, 0.1) is 5.69 Å². The topological polar surface area (TPSA) is 71.2 Å². The van der Waals surface area contributed by atoms with Gasteiger partial charge in [-0.1, -0.05) is 12.1 Å². The summed E-state index contributed by atoms with van der Waals surface area (Å²) in [6.45, 7) is 0. The molecule has 1 heterocycles. The average molecular weight is 175 g/mol. The molecule has 4 heteroatoms. The minimum atomic E-state index is 0.0839. The molecule has 0 spiro atoms. The number of anilines is 1. The lowest BCUT2D eigenvalue weighted by Gasteiger charge is -2.05. The maximum Gasteiger partial charge on any atom is 0.166 e. The summed E-state index contributed by atoms with van der Waals surface area (Å²) in [7, 11) is 0. The zero-order valence-corrected chi connectivity index (χ0v) is 6.86. The summed E-state index contributed by atoms with van der Waals surface area (Å²) in [6.07, 6.45) is 1.63. The maximum absolute atomic E-state index is 9.64. The lowest BCUT2D eigenvalue weighted by atomic mass is 10.2. The lowest BCUT2D eigenvalue weighted by Crippen LogP contribution is -2.06. The van der Waals surface area contributed by atoms with Crippen molar-refractivity contribution in [3.8, 4) is 5.75 Å². The molecule has 0 bridgehead atoms. The van der Waals surface area contributed by atoms with Gasteiger partial charge in [0.1, 0.15) is 5.52 Å². The summed E-state index contributed by atoms with van der Waals surface area (Å²) in [5.41, 5.74) is 3.43. The Labute approximate surface area is 75.0 Å². The van der Waals surface area contributed by atoms with Gasteiger partial charge in [-0.3, -0.25) is 10.8 Å². The third kappa shape index (κ3) is 1.17. The van der Waals surface area contributed by atoms with E-state index in [4.69, 9.17) is 5.84 Å². The fourth-order valence-corrected chi connectivity index (χ4v) is 1.25. The van der Waals surface area contributed by atoms with E-state index in [-0.39, 0.29) is 5.75 Å². The third-order valence-corrected chi connectivity index (χ3v) is 1.90. The van der Waals surface area contributed by atoms with Gasteiger partial charge in [-0.15, -0.1) is 0 Å². The van der Waals surface area contributed by atoms with Crippen LogP contribution < -0.4 is 11.3 Å². The van der Waals surface area contributed by atoms with E-state index in [2.05, 4.69) is 10.4 Å². The second-order valence-electron chi connectivity index (χ2n) is 2.68. The van der Waals surface area contributed by atoms with Crippen LogP contribution in [0.15, 0.2) is 30.5 Å². The molecule has 0 saturated carbocycles. The summed E-state index contributed by atoms with van der Waals surface area (Å²) < 4.78 is 0. The van der Waals surface area contributed by atoms with E-state index in [0.29, 0.717) is 11.2 Å². The Morgan fingerprint density at radius 1 is 1.31 bits per heavy atom. The van der Waals surface area contributed by atoms with Gasteiger partial charge in [0.15, 0.2) is 5.75 Å². The van der Waals surface area contributed by atoms with Crippen LogP contribution in [0.25, 0.3) is 10.9 Å². The standard InChI is InChI=1S/C9H9N3O/c10-12-7-4-3-6-2-1-5-11-8(6)9(7)13/h1-5,12-13H,10H2. The molecule has 0 aliphatic rings. The van der Waals surface area contributed by atoms with E-state index in [9.17, 15) is 5.11 Å². The highest BCUT2D eigenvalue weighted by Gasteiger charge is 2.04. The minimum absolute atomic E-state index is 0.0839. The van der Waals surface area contributed by atoms with E-state index in [0.717, 1.165) is 5.39 Å². The fraction of sp³-hybridized carbons (Fsp3) is 0. The number of benzene rings is 1. The molecular weight excluding hydrogens is 166 g/mol. The Balaban J connectivity index is 2.79. The first-order valence-electron chi connectivity index (χ1n) is 3.86. The van der Waals surface area contributed by atoms with Crippen LogP contribution in [0, 0.1) is 0 Å². The molecular formula is C9H9N3O. The first-order valence-corrected chi connectivity index (χ1v) is 3.86. The predicted molar refractivity (Wildman–Crippen MR) is 51.2 cm³/mol. The van der Waals surface area contributed by atoms with Crippen molar-refractivity contribution in [1.29, 1.82) is 0 Å². The van der Waals surface area contributed by atoms with E-state index in [1.807, 2.05) is 18.2 Å². The van der Waals surface area contributed by atoms with Crippen LogP contribution in [-0.2, 0) is 0 Å². The molecule has 2 rings (SSSR count). The Hall–Kier alpha value is -1.81. The Morgan fingerprint density at radius 3 is 2.92 bits per heavy atom. The largest absolute Gasteiger partial charge is 0.504 e. The van der Waals surface area contributed by atoms with Crippen LogP contribution in [0.4, 0.5) is 5.69 Å². The van der Waals surface area contributed by atoms with E-state index in [1.165, 1.54) is 0 Å². The van der Waals surface area contributed by atoms with Crippen LogP contribution >= 0.6 is 0 Å². The number of phenolic OH excluding ortho intramolecular Hbond substituents is 1. The SMILES string of the molecule is NNc1ccc2cccnc2c1O. The number of nitrogens with one attached hydrogen (secondary N) is 1. The first kappa shape index (κ1) is 7.82. The quantitative estimate of drug-likeness (QED) is 0.346. The lowest BCUT2D eigenvalue weighted by molar-refractivity contribution is 0.482. The number of aromatic hydroxyl groups is 1. The number of fused-ring (bicyclic) bond motifs is 1. The van der Waals surface area contributed by atoms with Crippen LogP contribution in [0.1, 0.15) is 0 Å². The van der Waals surface area contributed by atoms with Gasteiger partial charge >= 0.3 is 0 Å². The van der Waals surface area contributed by atoms with E-state index in [1.54, 1.807) is 12.3 Å². The highest BCUT2D eigenvalue weighted by atomic mass is 16.3. The number of nitrogen functional groups attached to an aromatic ring is 1. The maximum atomic E-state index is 9.64. The number of pyridine rings is 1. The van der Waals surface area contributed by atoms with E-state index >= 15 is 0 Å². The van der Waals surface area contributed by atoms with Gasteiger partial charge < -0.3 is 10.5 Å². The van der Waals surface area contributed by atoms with Crippen molar-refractivity contribution in [2.75, 3.05) is 5.43 Å². The third-order valence-electron chi connectivity index (χ3n) is 1.90. The molecule has 4 N–H and O–H groups in total. The van der Waals surface area contributed by atoms with Gasteiger partial charge in [-0.25, -0.2) is 0 Å². The number of aromatic nitrogens is 1. The molecule has 0 amide bonds. The smallest absolute Gasteiger partial charge is 0.166 e. The van der Waals surface area contributed by atoms with Crippen molar-refractivity contribution < 1.29 is 5.11 Å². The van der Waals surface area contributed by atoms with Gasteiger partial charge in [-0.05, 0) is 12.1 Å². The number of nitrogens with zero attached hydrogens (tertiary/aromatic N) is 1. The summed E-state index contributed by atoms with van der Waals surface area (Å²) >= 11 is 0. The number of phenols is 1. The molecule has 0 atom stereocenters. The molecule has 0 aliphatic heterocycles. The number of rotatable bonds is 1. The summed E-state index contributed by atoms with van der Waals surface area (Å²) in [6, 6.07) is 7.25. The molecule has 0 radical (unpaired) electrons. The van der Waals surface area contributed by atoms with Gasteiger partial charge in [-0.2, -0.15) is 0 Å². The molecule has 66 valence electrons. The molecule has 0 fully saturated rings. The number of hydrogen-bond donors (Lipinski definition) is 3. The molecule has 0 unspecified atom stereocenters. The van der Waals surface area contributed by atoms with Crippen LogP contribution in [-0.4, -0.2) is 10.1 Å². The summed E-state index contributed by atoms with van der Waals surface area (Å²) in [5, 5.41) is 10.5. The second-order valence-corrected chi connectivity index (χ2v) is 2.68.